The van der Waals surface area contributed by atoms with E-state index >= 15 is 0 Å². The first kappa shape index (κ1) is 8.76. The first-order valence-electron chi connectivity index (χ1n) is 4.60. The molecule has 67 valence electrons. The van der Waals surface area contributed by atoms with Crippen molar-refractivity contribution in [2.24, 2.45) is 0 Å². The molecule has 2 aromatic rings. The average molecular weight is 179 g/mol. The molecular formula is C14H11. The Bertz CT molecular complexity index is 473. The van der Waals surface area contributed by atoms with E-state index in [0.717, 1.165) is 0 Å². The molecule has 0 saturated heterocycles. The second kappa shape index (κ2) is 3.93. The maximum atomic E-state index is 3.61. The van der Waals surface area contributed by atoms with Gasteiger partial charge in [-0.3, -0.25) is 0 Å². The summed E-state index contributed by atoms with van der Waals surface area (Å²) in [5, 5.41) is 2.51. The zero-order chi connectivity index (χ0) is 9.80. The Morgan fingerprint density at radius 1 is 1.00 bits per heavy atom. The summed E-state index contributed by atoms with van der Waals surface area (Å²) in [6.45, 7) is 3.61. The molecule has 0 atom stereocenters. The van der Waals surface area contributed by atoms with Crippen LogP contribution in [0.25, 0.3) is 16.8 Å². The number of hydrogen-bond acceptors (Lipinski definition) is 0. The highest BCUT2D eigenvalue weighted by Gasteiger charge is 1.94. The monoisotopic (exact) mass is 179 g/mol. The molecule has 0 heteroatoms. The minimum atomic E-state index is 1.18. The van der Waals surface area contributed by atoms with E-state index in [0.29, 0.717) is 0 Å². The number of fused-ring (bicyclic) bond motifs is 1. The topological polar surface area (TPSA) is 0 Å². The number of benzene rings is 2. The summed E-state index contributed by atoms with van der Waals surface area (Å²) in [6.07, 6.45) is 6.62. The van der Waals surface area contributed by atoms with Crippen LogP contribution in [-0.2, 0) is 0 Å². The van der Waals surface area contributed by atoms with Crippen molar-refractivity contribution < 1.29 is 0 Å². The summed E-state index contributed by atoms with van der Waals surface area (Å²) in [5.41, 5.74) is 1.18. The van der Waals surface area contributed by atoms with Crippen LogP contribution in [0.5, 0.6) is 0 Å². The van der Waals surface area contributed by atoms with Gasteiger partial charge in [0.1, 0.15) is 0 Å². The first-order chi connectivity index (χ1) is 6.92. The predicted octanol–water partition coefficient (Wildman–Crippen LogP) is 3.84. The Balaban J connectivity index is 2.64. The van der Waals surface area contributed by atoms with Crippen LogP contribution in [0.4, 0.5) is 0 Å². The van der Waals surface area contributed by atoms with Gasteiger partial charge in [-0.1, -0.05) is 55.1 Å². The Morgan fingerprint density at radius 2 is 1.79 bits per heavy atom. The Hall–Kier alpha value is -1.82. The van der Waals surface area contributed by atoms with Crippen molar-refractivity contribution in [3.63, 3.8) is 0 Å². The molecule has 0 amide bonds. The Kier molecular flexibility index (Phi) is 2.46. The van der Waals surface area contributed by atoms with Crippen LogP contribution in [-0.4, -0.2) is 0 Å². The van der Waals surface area contributed by atoms with Crippen LogP contribution in [0.15, 0.2) is 55.1 Å². The van der Waals surface area contributed by atoms with Gasteiger partial charge in [0.2, 0.25) is 0 Å². The molecule has 14 heavy (non-hydrogen) atoms. The summed E-state index contributed by atoms with van der Waals surface area (Å²) in [7, 11) is 0. The molecule has 0 heterocycles. The van der Waals surface area contributed by atoms with Gasteiger partial charge in [-0.05, 0) is 28.5 Å². The maximum Gasteiger partial charge on any atom is -0.0111 e. The zero-order valence-electron chi connectivity index (χ0n) is 7.90. The fourth-order valence-corrected chi connectivity index (χ4v) is 1.53. The lowest BCUT2D eigenvalue weighted by molar-refractivity contribution is 1.71. The number of rotatable bonds is 2. The van der Waals surface area contributed by atoms with E-state index in [1.54, 1.807) is 6.08 Å². The van der Waals surface area contributed by atoms with Gasteiger partial charge in [-0.15, -0.1) is 0 Å². The highest BCUT2D eigenvalue weighted by atomic mass is 14.0. The third-order valence-electron chi connectivity index (χ3n) is 2.18. The van der Waals surface area contributed by atoms with Gasteiger partial charge in [0, 0.05) is 0 Å². The fourth-order valence-electron chi connectivity index (χ4n) is 1.53. The summed E-state index contributed by atoms with van der Waals surface area (Å²) in [6, 6.07) is 14.6. The highest BCUT2D eigenvalue weighted by Crippen LogP contribution is 2.19. The predicted molar refractivity (Wildman–Crippen MR) is 61.9 cm³/mol. The molecule has 0 aromatic heterocycles. The standard InChI is InChI=1S/C14H11/c1-2-3-7-12-9-6-10-13-8-4-5-11-14(12)13/h2,4-11H,1H2. The van der Waals surface area contributed by atoms with E-state index < -0.39 is 0 Å². The van der Waals surface area contributed by atoms with Crippen molar-refractivity contribution in [2.75, 3.05) is 0 Å². The van der Waals surface area contributed by atoms with Crippen LogP contribution < -0.4 is 0 Å². The zero-order valence-corrected chi connectivity index (χ0v) is 7.90. The maximum absolute atomic E-state index is 3.61. The molecule has 0 aliphatic rings. The summed E-state index contributed by atoms with van der Waals surface area (Å²) >= 11 is 0. The summed E-state index contributed by atoms with van der Waals surface area (Å²) in [5.74, 6) is 0. The number of hydrogen-bond donors (Lipinski definition) is 0. The second-order valence-electron chi connectivity index (χ2n) is 3.08. The van der Waals surface area contributed by atoms with Crippen LogP contribution >= 0.6 is 0 Å². The fraction of sp³-hybridized carbons (Fsp3) is 0. The normalized spacial score (nSPS) is 10.9. The molecular weight excluding hydrogens is 168 g/mol. The quantitative estimate of drug-likeness (QED) is 0.614. The smallest absolute Gasteiger partial charge is 0.0111 e. The molecule has 0 N–H and O–H groups in total. The van der Waals surface area contributed by atoms with Crippen LogP contribution in [0, 0.1) is 6.08 Å². The Morgan fingerprint density at radius 3 is 2.64 bits per heavy atom. The van der Waals surface area contributed by atoms with Crippen molar-refractivity contribution in [2.45, 2.75) is 0 Å². The lowest BCUT2D eigenvalue weighted by Crippen LogP contribution is -1.76. The van der Waals surface area contributed by atoms with Gasteiger partial charge in [0.05, 0.1) is 0 Å². The van der Waals surface area contributed by atoms with Crippen molar-refractivity contribution in [1.82, 2.24) is 0 Å². The minimum Gasteiger partial charge on any atom is -0.0984 e. The molecule has 2 aromatic carbocycles. The average Bonchev–Trinajstić information content (AvgIpc) is 2.26. The van der Waals surface area contributed by atoms with E-state index in [9.17, 15) is 0 Å². The third-order valence-corrected chi connectivity index (χ3v) is 2.18. The van der Waals surface area contributed by atoms with Crippen molar-refractivity contribution in [3.8, 4) is 0 Å². The van der Waals surface area contributed by atoms with E-state index in [1.807, 2.05) is 18.2 Å². The van der Waals surface area contributed by atoms with Gasteiger partial charge >= 0.3 is 0 Å². The van der Waals surface area contributed by atoms with Crippen LogP contribution in [0.2, 0.25) is 0 Å². The van der Waals surface area contributed by atoms with Gasteiger partial charge < -0.3 is 0 Å². The molecule has 0 fully saturated rings. The van der Waals surface area contributed by atoms with E-state index in [-0.39, 0.29) is 0 Å². The molecule has 0 bridgehead atoms. The summed E-state index contributed by atoms with van der Waals surface area (Å²) in [4.78, 5) is 0. The SMILES string of the molecule is C=C[C]=Cc1cccc2ccccc12. The Labute approximate surface area is 84.2 Å². The first-order valence-corrected chi connectivity index (χ1v) is 4.60. The molecule has 0 nitrogen and oxygen atoms in total. The van der Waals surface area contributed by atoms with Crippen LogP contribution in [0.1, 0.15) is 5.56 Å². The largest absolute Gasteiger partial charge is 0.0984 e. The third kappa shape index (κ3) is 1.60. The van der Waals surface area contributed by atoms with Gasteiger partial charge in [0.15, 0.2) is 0 Å². The molecule has 0 spiro atoms. The van der Waals surface area contributed by atoms with Crippen molar-refractivity contribution >= 4 is 16.8 Å². The van der Waals surface area contributed by atoms with Gasteiger partial charge in [0.25, 0.3) is 0 Å². The van der Waals surface area contributed by atoms with Crippen molar-refractivity contribution in [3.05, 3.63) is 66.8 Å². The molecule has 0 unspecified atom stereocenters. The van der Waals surface area contributed by atoms with Crippen LogP contribution in [0.3, 0.4) is 0 Å². The van der Waals surface area contributed by atoms with E-state index in [2.05, 4.69) is 43.0 Å². The van der Waals surface area contributed by atoms with Gasteiger partial charge in [-0.25, -0.2) is 0 Å². The lowest BCUT2D eigenvalue weighted by atomic mass is 10.0. The second-order valence-corrected chi connectivity index (χ2v) is 3.08. The summed E-state index contributed by atoms with van der Waals surface area (Å²) < 4.78 is 0. The molecule has 0 aliphatic heterocycles. The molecule has 0 aliphatic carbocycles. The molecule has 1 radical (unpaired) electrons. The molecule has 0 saturated carbocycles. The molecule has 2 rings (SSSR count). The van der Waals surface area contributed by atoms with E-state index in [4.69, 9.17) is 0 Å². The van der Waals surface area contributed by atoms with E-state index in [1.165, 1.54) is 16.3 Å². The van der Waals surface area contributed by atoms with Gasteiger partial charge in [-0.2, -0.15) is 0 Å². The highest BCUT2D eigenvalue weighted by molar-refractivity contribution is 5.90. The lowest BCUT2D eigenvalue weighted by Gasteiger charge is -2.00. The minimum absolute atomic E-state index is 1.18. The van der Waals surface area contributed by atoms with Crippen molar-refractivity contribution in [1.29, 1.82) is 0 Å². The number of allylic oxidation sites excluding steroid dienone is 2.